The van der Waals surface area contributed by atoms with Gasteiger partial charge in [-0.2, -0.15) is 0 Å². The average Bonchev–Trinajstić information content (AvgIpc) is 2.29. The third-order valence-electron chi connectivity index (χ3n) is 3.47. The predicted octanol–water partition coefficient (Wildman–Crippen LogP) is 2.58. The molecule has 1 N–H and O–H groups in total. The highest BCUT2D eigenvalue weighted by Crippen LogP contribution is 2.28. The van der Waals surface area contributed by atoms with Gasteiger partial charge in [-0.3, -0.25) is 4.79 Å². The highest BCUT2D eigenvalue weighted by molar-refractivity contribution is 6.00. The molecule has 0 aliphatic heterocycles. The molecule has 0 amide bonds. The number of aryl methyl sites for hydroxylation is 1. The van der Waals surface area contributed by atoms with Crippen LogP contribution in [0.2, 0.25) is 0 Å². The Balaban J connectivity index is 2.08. The molecule has 0 atom stereocenters. The fourth-order valence-corrected chi connectivity index (χ4v) is 2.11. The van der Waals surface area contributed by atoms with Crippen molar-refractivity contribution < 1.29 is 9.53 Å². The van der Waals surface area contributed by atoms with Gasteiger partial charge in [-0.25, -0.2) is 0 Å². The fraction of sp³-hybridized carbons (Fsp3) is 0.533. The van der Waals surface area contributed by atoms with Crippen LogP contribution in [0.4, 0.5) is 0 Å². The van der Waals surface area contributed by atoms with E-state index in [1.54, 1.807) is 7.05 Å². The molecule has 2 rings (SSSR count). The largest absolute Gasteiger partial charge is 0.493 e. The molecule has 3 nitrogen and oxygen atoms in total. The molecule has 0 bridgehead atoms. The molecule has 0 aromatic heterocycles. The third-order valence-corrected chi connectivity index (χ3v) is 3.47. The van der Waals surface area contributed by atoms with Crippen molar-refractivity contribution in [2.24, 2.45) is 5.92 Å². The second kappa shape index (κ2) is 6.01. The number of hydrogen-bond acceptors (Lipinski definition) is 3. The third kappa shape index (κ3) is 3.10. The maximum absolute atomic E-state index is 12.0. The first-order valence-electron chi connectivity index (χ1n) is 6.62. The monoisotopic (exact) mass is 247 g/mol. The number of nitrogens with one attached hydrogen (secondary N) is 1. The standard InChI is InChI=1S/C15H21NO2/c1-11-6-7-15(18-10-12-4-3-5-12)13(8-11)14(17)9-16-2/h6-8,12,16H,3-5,9-10H2,1-2H3. The number of ether oxygens (including phenoxy) is 1. The molecule has 0 radical (unpaired) electrons. The maximum Gasteiger partial charge on any atom is 0.180 e. The van der Waals surface area contributed by atoms with Gasteiger partial charge in [0, 0.05) is 0 Å². The van der Waals surface area contributed by atoms with Gasteiger partial charge in [0.15, 0.2) is 5.78 Å². The van der Waals surface area contributed by atoms with E-state index < -0.39 is 0 Å². The van der Waals surface area contributed by atoms with E-state index in [0.29, 0.717) is 18.0 Å². The van der Waals surface area contributed by atoms with Gasteiger partial charge in [0.1, 0.15) is 5.75 Å². The van der Waals surface area contributed by atoms with Gasteiger partial charge >= 0.3 is 0 Å². The van der Waals surface area contributed by atoms with Crippen molar-refractivity contribution in [2.75, 3.05) is 20.2 Å². The van der Waals surface area contributed by atoms with Crippen molar-refractivity contribution in [3.8, 4) is 5.75 Å². The quantitative estimate of drug-likeness (QED) is 0.785. The van der Waals surface area contributed by atoms with Gasteiger partial charge in [0.05, 0.1) is 18.7 Å². The molecule has 0 saturated heterocycles. The number of carbonyl (C=O) groups excluding carboxylic acids is 1. The molecule has 1 saturated carbocycles. The molecule has 3 heteroatoms. The summed E-state index contributed by atoms with van der Waals surface area (Å²) >= 11 is 0. The van der Waals surface area contributed by atoms with Crippen LogP contribution in [-0.2, 0) is 0 Å². The number of Topliss-reactive ketones (excluding diaryl/α,β-unsaturated/α-hetero) is 1. The normalized spacial score (nSPS) is 15.2. The van der Waals surface area contributed by atoms with Crippen LogP contribution < -0.4 is 10.1 Å². The molecule has 1 aromatic carbocycles. The Kier molecular flexibility index (Phi) is 4.37. The zero-order chi connectivity index (χ0) is 13.0. The Morgan fingerprint density at radius 3 is 2.83 bits per heavy atom. The van der Waals surface area contributed by atoms with Crippen LogP contribution in [-0.4, -0.2) is 26.0 Å². The van der Waals surface area contributed by atoms with Crippen molar-refractivity contribution in [1.29, 1.82) is 0 Å². The summed E-state index contributed by atoms with van der Waals surface area (Å²) in [5.74, 6) is 1.50. The SMILES string of the molecule is CNCC(=O)c1cc(C)ccc1OCC1CCC1. The van der Waals surface area contributed by atoms with E-state index in [-0.39, 0.29) is 5.78 Å². The summed E-state index contributed by atoms with van der Waals surface area (Å²) in [6.07, 6.45) is 3.82. The summed E-state index contributed by atoms with van der Waals surface area (Å²) in [5, 5.41) is 2.89. The number of rotatable bonds is 6. The lowest BCUT2D eigenvalue weighted by molar-refractivity contribution is 0.0986. The van der Waals surface area contributed by atoms with Gasteiger partial charge < -0.3 is 10.1 Å². The predicted molar refractivity (Wildman–Crippen MR) is 72.3 cm³/mol. The summed E-state index contributed by atoms with van der Waals surface area (Å²) in [6, 6.07) is 5.82. The van der Waals surface area contributed by atoms with Crippen LogP contribution in [0.5, 0.6) is 5.75 Å². The van der Waals surface area contributed by atoms with Crippen LogP contribution in [0.1, 0.15) is 35.2 Å². The van der Waals surface area contributed by atoms with E-state index >= 15 is 0 Å². The van der Waals surface area contributed by atoms with Crippen LogP contribution >= 0.6 is 0 Å². The number of benzene rings is 1. The number of likely N-dealkylation sites (N-methyl/N-ethyl adjacent to an activating group) is 1. The second-order valence-corrected chi connectivity index (χ2v) is 5.06. The van der Waals surface area contributed by atoms with Crippen molar-refractivity contribution >= 4 is 5.78 Å². The molecule has 98 valence electrons. The molecule has 1 aromatic rings. The van der Waals surface area contributed by atoms with Gasteiger partial charge in [-0.15, -0.1) is 0 Å². The Morgan fingerprint density at radius 2 is 2.22 bits per heavy atom. The summed E-state index contributed by atoms with van der Waals surface area (Å²) in [5.41, 5.74) is 1.79. The van der Waals surface area contributed by atoms with Crippen molar-refractivity contribution in [3.05, 3.63) is 29.3 Å². The highest BCUT2D eigenvalue weighted by atomic mass is 16.5. The van der Waals surface area contributed by atoms with Gasteiger partial charge in [-0.05, 0) is 44.9 Å². The first-order chi connectivity index (χ1) is 8.70. The van der Waals surface area contributed by atoms with Gasteiger partial charge in [0.2, 0.25) is 0 Å². The first kappa shape index (κ1) is 13.1. The summed E-state index contributed by atoms with van der Waals surface area (Å²) in [6.45, 7) is 3.08. The Morgan fingerprint density at radius 1 is 1.44 bits per heavy atom. The van der Waals surface area contributed by atoms with E-state index in [2.05, 4.69) is 5.32 Å². The van der Waals surface area contributed by atoms with E-state index in [0.717, 1.165) is 17.9 Å². The highest BCUT2D eigenvalue weighted by Gasteiger charge is 2.19. The Labute approximate surface area is 109 Å². The molecule has 1 aliphatic carbocycles. The van der Waals surface area contributed by atoms with Gasteiger partial charge in [-0.1, -0.05) is 18.1 Å². The Bertz CT molecular complexity index is 425. The minimum absolute atomic E-state index is 0.0878. The lowest BCUT2D eigenvalue weighted by Crippen LogP contribution is -2.22. The first-order valence-corrected chi connectivity index (χ1v) is 6.62. The summed E-state index contributed by atoms with van der Waals surface area (Å²) < 4.78 is 5.81. The molecular formula is C15H21NO2. The number of carbonyl (C=O) groups is 1. The maximum atomic E-state index is 12.0. The molecular weight excluding hydrogens is 226 g/mol. The van der Waals surface area contributed by atoms with E-state index in [1.807, 2.05) is 25.1 Å². The Hall–Kier alpha value is -1.35. The van der Waals surface area contributed by atoms with Crippen molar-refractivity contribution in [2.45, 2.75) is 26.2 Å². The molecule has 1 aliphatic rings. The van der Waals surface area contributed by atoms with E-state index in [1.165, 1.54) is 19.3 Å². The van der Waals surface area contributed by atoms with Crippen LogP contribution in [0.15, 0.2) is 18.2 Å². The molecule has 18 heavy (non-hydrogen) atoms. The zero-order valence-electron chi connectivity index (χ0n) is 11.2. The summed E-state index contributed by atoms with van der Waals surface area (Å²) in [7, 11) is 1.78. The molecule has 0 unspecified atom stereocenters. The fourth-order valence-electron chi connectivity index (χ4n) is 2.11. The van der Waals surface area contributed by atoms with Crippen LogP contribution in [0.25, 0.3) is 0 Å². The molecule has 0 heterocycles. The smallest absolute Gasteiger partial charge is 0.180 e. The average molecular weight is 247 g/mol. The molecule has 1 fully saturated rings. The topological polar surface area (TPSA) is 38.3 Å². The minimum Gasteiger partial charge on any atom is -0.493 e. The van der Waals surface area contributed by atoms with Crippen molar-refractivity contribution in [3.63, 3.8) is 0 Å². The number of ketones is 1. The zero-order valence-corrected chi connectivity index (χ0v) is 11.2. The van der Waals surface area contributed by atoms with Crippen molar-refractivity contribution in [1.82, 2.24) is 5.32 Å². The molecule has 0 spiro atoms. The van der Waals surface area contributed by atoms with Gasteiger partial charge in [0.25, 0.3) is 0 Å². The summed E-state index contributed by atoms with van der Waals surface area (Å²) in [4.78, 5) is 12.0. The van der Waals surface area contributed by atoms with E-state index in [9.17, 15) is 4.79 Å². The van der Waals surface area contributed by atoms with E-state index in [4.69, 9.17) is 4.74 Å². The minimum atomic E-state index is 0.0878. The van der Waals surface area contributed by atoms with Crippen LogP contribution in [0.3, 0.4) is 0 Å². The second-order valence-electron chi connectivity index (χ2n) is 5.06. The number of hydrogen-bond donors (Lipinski definition) is 1. The lowest BCUT2D eigenvalue weighted by Gasteiger charge is -2.25. The van der Waals surface area contributed by atoms with Crippen LogP contribution in [0, 0.1) is 12.8 Å². The lowest BCUT2D eigenvalue weighted by atomic mass is 9.86.